The Bertz CT molecular complexity index is 1170. The Morgan fingerprint density at radius 3 is 2.49 bits per heavy atom. The molecule has 2 aromatic carbocycles. The number of piperazine rings is 1. The first-order valence-electron chi connectivity index (χ1n) is 11.6. The van der Waals surface area contributed by atoms with E-state index in [1.165, 1.54) is 11.8 Å². The van der Waals surface area contributed by atoms with E-state index >= 15 is 0 Å². The Labute approximate surface area is 210 Å². The van der Waals surface area contributed by atoms with Gasteiger partial charge in [-0.1, -0.05) is 36.0 Å². The standard InChI is InChI=1S/C26H31N5O3S/c1-19-6-4-7-20(2)25(19)28-23(32)17-29-12-14-30(15-13-29)24(33)18-35-26-27-10-11-31(26)21-8-5-9-22(16-21)34-3/h4-11,16H,12-15,17-18H2,1-3H3,(H,28,32). The molecule has 4 rings (SSSR count). The molecular weight excluding hydrogens is 462 g/mol. The van der Waals surface area contributed by atoms with Gasteiger partial charge in [-0.25, -0.2) is 4.98 Å². The monoisotopic (exact) mass is 493 g/mol. The van der Waals surface area contributed by atoms with Gasteiger partial charge in [0, 0.05) is 50.3 Å². The zero-order chi connectivity index (χ0) is 24.8. The minimum absolute atomic E-state index is 0.0258. The number of rotatable bonds is 8. The highest BCUT2D eigenvalue weighted by atomic mass is 32.2. The number of para-hydroxylation sites is 1. The average molecular weight is 494 g/mol. The Kier molecular flexibility index (Phi) is 8.09. The summed E-state index contributed by atoms with van der Waals surface area (Å²) in [7, 11) is 1.64. The second-order valence-electron chi connectivity index (χ2n) is 8.54. The molecule has 0 atom stereocenters. The van der Waals surface area contributed by atoms with Gasteiger partial charge in [-0.05, 0) is 37.1 Å². The molecule has 35 heavy (non-hydrogen) atoms. The first-order chi connectivity index (χ1) is 16.9. The molecule has 1 N–H and O–H groups in total. The number of aryl methyl sites for hydroxylation is 2. The number of aromatic nitrogens is 2. The summed E-state index contributed by atoms with van der Waals surface area (Å²) in [5, 5.41) is 3.80. The number of imidazole rings is 1. The smallest absolute Gasteiger partial charge is 0.238 e. The number of carbonyl (C=O) groups excluding carboxylic acids is 2. The highest BCUT2D eigenvalue weighted by molar-refractivity contribution is 7.99. The summed E-state index contributed by atoms with van der Waals surface area (Å²) in [4.78, 5) is 33.8. The van der Waals surface area contributed by atoms with Crippen molar-refractivity contribution in [2.24, 2.45) is 0 Å². The van der Waals surface area contributed by atoms with E-state index < -0.39 is 0 Å². The molecule has 8 nitrogen and oxygen atoms in total. The molecule has 1 aliphatic heterocycles. The van der Waals surface area contributed by atoms with Crippen LogP contribution in [0.5, 0.6) is 5.75 Å². The van der Waals surface area contributed by atoms with Gasteiger partial charge in [0.1, 0.15) is 5.75 Å². The quantitative estimate of drug-likeness (QED) is 0.485. The van der Waals surface area contributed by atoms with Crippen molar-refractivity contribution in [2.75, 3.05) is 50.9 Å². The molecule has 0 spiro atoms. The van der Waals surface area contributed by atoms with E-state index in [1.54, 1.807) is 13.3 Å². The lowest BCUT2D eigenvalue weighted by molar-refractivity contribution is -0.130. The lowest BCUT2D eigenvalue weighted by Crippen LogP contribution is -2.51. The van der Waals surface area contributed by atoms with Gasteiger partial charge in [0.15, 0.2) is 5.16 Å². The summed E-state index contributed by atoms with van der Waals surface area (Å²) in [6.45, 7) is 6.88. The molecule has 184 valence electrons. The predicted molar refractivity (Wildman–Crippen MR) is 138 cm³/mol. The van der Waals surface area contributed by atoms with Gasteiger partial charge in [-0.3, -0.25) is 19.1 Å². The molecule has 2 heterocycles. The molecule has 0 unspecified atom stereocenters. The fraction of sp³-hybridized carbons (Fsp3) is 0.346. The van der Waals surface area contributed by atoms with E-state index in [0.29, 0.717) is 38.5 Å². The number of ether oxygens (including phenoxy) is 1. The van der Waals surface area contributed by atoms with Crippen LogP contribution in [0.25, 0.3) is 5.69 Å². The number of nitrogens with one attached hydrogen (secondary N) is 1. The third kappa shape index (κ3) is 6.23. The van der Waals surface area contributed by atoms with Gasteiger partial charge in [0.25, 0.3) is 0 Å². The van der Waals surface area contributed by atoms with Crippen LogP contribution < -0.4 is 10.1 Å². The van der Waals surface area contributed by atoms with Gasteiger partial charge in [0.05, 0.1) is 25.1 Å². The zero-order valence-corrected chi connectivity index (χ0v) is 21.2. The first-order valence-corrected chi connectivity index (χ1v) is 12.6. The molecule has 3 aromatic rings. The second-order valence-corrected chi connectivity index (χ2v) is 9.48. The fourth-order valence-corrected chi connectivity index (χ4v) is 5.00. The molecule has 0 bridgehead atoms. The fourth-order valence-electron chi connectivity index (χ4n) is 4.12. The van der Waals surface area contributed by atoms with E-state index in [0.717, 1.165) is 33.4 Å². The van der Waals surface area contributed by atoms with E-state index in [1.807, 2.05) is 72.0 Å². The number of hydrogen-bond donors (Lipinski definition) is 1. The first kappa shape index (κ1) is 24.8. The van der Waals surface area contributed by atoms with E-state index in [4.69, 9.17) is 4.74 Å². The van der Waals surface area contributed by atoms with Gasteiger partial charge in [-0.15, -0.1) is 0 Å². The SMILES string of the molecule is COc1cccc(-n2ccnc2SCC(=O)N2CCN(CC(=O)Nc3c(C)cccc3C)CC2)c1. The van der Waals surface area contributed by atoms with Crippen molar-refractivity contribution in [3.63, 3.8) is 0 Å². The van der Waals surface area contributed by atoms with Crippen LogP contribution in [-0.2, 0) is 9.59 Å². The molecule has 1 aliphatic rings. The van der Waals surface area contributed by atoms with Crippen LogP contribution >= 0.6 is 11.8 Å². The van der Waals surface area contributed by atoms with Crippen molar-refractivity contribution in [3.05, 3.63) is 66.0 Å². The number of anilines is 1. The summed E-state index contributed by atoms with van der Waals surface area (Å²) < 4.78 is 7.26. The van der Waals surface area contributed by atoms with Crippen LogP contribution in [0, 0.1) is 13.8 Å². The lowest BCUT2D eigenvalue weighted by Gasteiger charge is -2.34. The third-order valence-corrected chi connectivity index (χ3v) is 7.05. The highest BCUT2D eigenvalue weighted by Gasteiger charge is 2.23. The van der Waals surface area contributed by atoms with E-state index in [2.05, 4.69) is 15.2 Å². The third-order valence-electron chi connectivity index (χ3n) is 6.10. The van der Waals surface area contributed by atoms with Crippen LogP contribution in [0.1, 0.15) is 11.1 Å². The number of hydrogen-bond acceptors (Lipinski definition) is 6. The van der Waals surface area contributed by atoms with Crippen molar-refractivity contribution < 1.29 is 14.3 Å². The molecule has 1 fully saturated rings. The van der Waals surface area contributed by atoms with Gasteiger partial charge < -0.3 is 15.0 Å². The number of nitrogens with zero attached hydrogens (tertiary/aromatic N) is 4. The van der Waals surface area contributed by atoms with Crippen molar-refractivity contribution in [1.82, 2.24) is 19.4 Å². The maximum Gasteiger partial charge on any atom is 0.238 e. The Hall–Kier alpha value is -3.30. The van der Waals surface area contributed by atoms with E-state index in [9.17, 15) is 9.59 Å². The molecule has 1 saturated heterocycles. The summed E-state index contributed by atoms with van der Waals surface area (Å²) >= 11 is 1.42. The van der Waals surface area contributed by atoms with Crippen molar-refractivity contribution in [1.29, 1.82) is 0 Å². The predicted octanol–water partition coefficient (Wildman–Crippen LogP) is 3.37. The Morgan fingerprint density at radius 2 is 1.77 bits per heavy atom. The summed E-state index contributed by atoms with van der Waals surface area (Å²) in [6.07, 6.45) is 3.61. The van der Waals surface area contributed by atoms with Gasteiger partial charge in [-0.2, -0.15) is 0 Å². The number of methoxy groups -OCH3 is 1. The molecule has 2 amide bonds. The molecular formula is C26H31N5O3S. The normalized spacial score (nSPS) is 14.1. The zero-order valence-electron chi connectivity index (χ0n) is 20.4. The summed E-state index contributed by atoms with van der Waals surface area (Å²) in [6, 6.07) is 13.7. The minimum Gasteiger partial charge on any atom is -0.497 e. The summed E-state index contributed by atoms with van der Waals surface area (Å²) in [5.41, 5.74) is 3.93. The number of thioether (sulfide) groups is 1. The number of benzene rings is 2. The average Bonchev–Trinajstić information content (AvgIpc) is 3.34. The maximum absolute atomic E-state index is 12.8. The maximum atomic E-state index is 12.8. The van der Waals surface area contributed by atoms with Crippen LogP contribution in [-0.4, -0.2) is 76.8 Å². The van der Waals surface area contributed by atoms with Crippen molar-refractivity contribution in [3.8, 4) is 11.4 Å². The van der Waals surface area contributed by atoms with Crippen LogP contribution in [0.4, 0.5) is 5.69 Å². The Morgan fingerprint density at radius 1 is 1.06 bits per heavy atom. The van der Waals surface area contributed by atoms with Gasteiger partial charge in [0.2, 0.25) is 11.8 Å². The second kappa shape index (κ2) is 11.4. The van der Waals surface area contributed by atoms with Crippen molar-refractivity contribution >= 4 is 29.3 Å². The van der Waals surface area contributed by atoms with Gasteiger partial charge >= 0.3 is 0 Å². The van der Waals surface area contributed by atoms with Crippen molar-refractivity contribution in [2.45, 2.75) is 19.0 Å². The minimum atomic E-state index is -0.0258. The molecule has 9 heteroatoms. The number of carbonyl (C=O) groups is 2. The molecule has 0 saturated carbocycles. The van der Waals surface area contributed by atoms with Crippen LogP contribution in [0.2, 0.25) is 0 Å². The van der Waals surface area contributed by atoms with Crippen LogP contribution in [0.15, 0.2) is 60.0 Å². The molecule has 0 aliphatic carbocycles. The highest BCUT2D eigenvalue weighted by Crippen LogP contribution is 2.24. The van der Waals surface area contributed by atoms with Crippen LogP contribution in [0.3, 0.4) is 0 Å². The largest absolute Gasteiger partial charge is 0.497 e. The van der Waals surface area contributed by atoms with E-state index in [-0.39, 0.29) is 11.8 Å². The summed E-state index contributed by atoms with van der Waals surface area (Å²) in [5.74, 6) is 1.13. The topological polar surface area (TPSA) is 79.7 Å². The lowest BCUT2D eigenvalue weighted by atomic mass is 10.1. The Balaban J connectivity index is 1.25. The molecule has 1 aromatic heterocycles. The number of amides is 2. The molecule has 0 radical (unpaired) electrons.